The molecule has 136 valence electrons. The van der Waals surface area contributed by atoms with Crippen LogP contribution in [0.1, 0.15) is 37.7 Å². The Morgan fingerprint density at radius 2 is 1.92 bits per heavy atom. The lowest BCUT2D eigenvalue weighted by atomic mass is 9.94. The average Bonchev–Trinajstić information content (AvgIpc) is 2.64. The lowest BCUT2D eigenvalue weighted by molar-refractivity contribution is 0.148. The molecule has 2 fully saturated rings. The molecule has 1 aliphatic heterocycles. The molecule has 2 aliphatic rings. The molecule has 1 aliphatic carbocycles. The van der Waals surface area contributed by atoms with E-state index in [2.05, 4.69) is 26.4 Å². The molecule has 1 saturated carbocycles. The topological polar surface area (TPSA) is 56.9 Å². The summed E-state index contributed by atoms with van der Waals surface area (Å²) >= 11 is 11.1. The summed E-state index contributed by atoms with van der Waals surface area (Å²) in [7, 11) is 0. The quantitative estimate of drug-likeness (QED) is 0.478. The van der Waals surface area contributed by atoms with Gasteiger partial charge in [-0.15, -0.1) is 0 Å². The number of hydrogen-bond acceptors (Lipinski definition) is 4. The van der Waals surface area contributed by atoms with Crippen molar-refractivity contribution in [2.75, 3.05) is 31.1 Å². The summed E-state index contributed by atoms with van der Waals surface area (Å²) in [5, 5.41) is 4.78. The first-order valence-electron chi connectivity index (χ1n) is 9.00. The summed E-state index contributed by atoms with van der Waals surface area (Å²) in [6.07, 6.45) is 8.59. The number of nitrogens with one attached hydrogen (secondary N) is 1. The van der Waals surface area contributed by atoms with Gasteiger partial charge in [-0.05, 0) is 43.3 Å². The Labute approximate surface area is 160 Å². The van der Waals surface area contributed by atoms with Gasteiger partial charge in [0.25, 0.3) is 0 Å². The minimum atomic E-state index is 0.139. The monoisotopic (exact) mass is 379 g/mol. The van der Waals surface area contributed by atoms with E-state index in [1.54, 1.807) is 6.21 Å². The third-order valence-electron chi connectivity index (χ3n) is 5.13. The third-order valence-corrected chi connectivity index (χ3v) is 5.55. The summed E-state index contributed by atoms with van der Waals surface area (Å²) in [5.41, 5.74) is 9.90. The number of hydrogen-bond donors (Lipinski definition) is 2. The lowest BCUT2D eigenvalue weighted by Crippen LogP contribution is -2.50. The van der Waals surface area contributed by atoms with Crippen molar-refractivity contribution < 1.29 is 0 Å². The zero-order valence-electron chi connectivity index (χ0n) is 14.5. The van der Waals surface area contributed by atoms with Gasteiger partial charge in [0.2, 0.25) is 0 Å². The highest BCUT2D eigenvalue weighted by Crippen LogP contribution is 2.27. The molecule has 3 rings (SSSR count). The van der Waals surface area contributed by atoms with E-state index in [9.17, 15) is 0 Å². The first-order valence-corrected chi connectivity index (χ1v) is 9.79. The van der Waals surface area contributed by atoms with Gasteiger partial charge in [0.15, 0.2) is 5.11 Å². The maximum atomic E-state index is 6.39. The van der Waals surface area contributed by atoms with Crippen LogP contribution in [0.4, 0.5) is 5.69 Å². The van der Waals surface area contributed by atoms with Crippen LogP contribution in [0, 0.1) is 0 Å². The van der Waals surface area contributed by atoms with Crippen molar-refractivity contribution in [2.45, 2.75) is 38.1 Å². The van der Waals surface area contributed by atoms with Crippen LogP contribution in [0.15, 0.2) is 23.3 Å². The van der Waals surface area contributed by atoms with Crippen molar-refractivity contribution in [3.8, 4) is 0 Å². The second-order valence-electron chi connectivity index (χ2n) is 6.75. The maximum absolute atomic E-state index is 6.39. The maximum Gasteiger partial charge on any atom is 0.184 e. The van der Waals surface area contributed by atoms with E-state index in [0.717, 1.165) is 37.8 Å². The van der Waals surface area contributed by atoms with Crippen LogP contribution in [0.2, 0.25) is 5.02 Å². The Kier molecular flexibility index (Phi) is 6.51. The van der Waals surface area contributed by atoms with Gasteiger partial charge in [0.05, 0.1) is 11.2 Å². The van der Waals surface area contributed by atoms with Gasteiger partial charge >= 0.3 is 0 Å². The molecule has 1 aromatic carbocycles. The van der Waals surface area contributed by atoms with Gasteiger partial charge < -0.3 is 10.6 Å². The van der Waals surface area contributed by atoms with Crippen LogP contribution in [0.5, 0.6) is 0 Å². The number of hydrazone groups is 1. The molecular formula is C18H26ClN5S. The second-order valence-corrected chi connectivity index (χ2v) is 7.60. The van der Waals surface area contributed by atoms with Crippen LogP contribution in [0.3, 0.4) is 0 Å². The number of nitrogens with two attached hydrogens (primary N) is 1. The Morgan fingerprint density at radius 1 is 1.20 bits per heavy atom. The molecule has 1 saturated heterocycles. The second kappa shape index (κ2) is 8.83. The van der Waals surface area contributed by atoms with E-state index in [4.69, 9.17) is 29.6 Å². The molecule has 0 bridgehead atoms. The van der Waals surface area contributed by atoms with E-state index in [-0.39, 0.29) is 5.11 Å². The first-order chi connectivity index (χ1) is 12.1. The number of nitrogens with zero attached hydrogens (tertiary/aromatic N) is 3. The Morgan fingerprint density at radius 3 is 2.56 bits per heavy atom. The van der Waals surface area contributed by atoms with E-state index >= 15 is 0 Å². The fourth-order valence-corrected chi connectivity index (χ4v) is 4.05. The zero-order chi connectivity index (χ0) is 17.6. The molecule has 1 heterocycles. The molecule has 1 aromatic rings. The SMILES string of the molecule is NC(=S)N/N=C/c1ccc(N2CCN(C3CCCCC3)CC2)cc1Cl. The number of piperazine rings is 1. The highest BCUT2D eigenvalue weighted by Gasteiger charge is 2.25. The summed E-state index contributed by atoms with van der Waals surface area (Å²) in [6.45, 7) is 4.40. The van der Waals surface area contributed by atoms with Crippen molar-refractivity contribution in [3.63, 3.8) is 0 Å². The van der Waals surface area contributed by atoms with Gasteiger partial charge in [-0.3, -0.25) is 10.3 Å². The van der Waals surface area contributed by atoms with Gasteiger partial charge in [0.1, 0.15) is 0 Å². The Hall–Kier alpha value is -1.37. The molecule has 0 atom stereocenters. The molecule has 0 radical (unpaired) electrons. The molecule has 0 aromatic heterocycles. The molecule has 25 heavy (non-hydrogen) atoms. The van der Waals surface area contributed by atoms with E-state index in [1.165, 1.54) is 37.8 Å². The average molecular weight is 380 g/mol. The van der Waals surface area contributed by atoms with E-state index in [0.29, 0.717) is 5.02 Å². The van der Waals surface area contributed by atoms with Gasteiger partial charge in [-0.2, -0.15) is 5.10 Å². The molecule has 5 nitrogen and oxygen atoms in total. The molecule has 0 unspecified atom stereocenters. The fourth-order valence-electron chi connectivity index (χ4n) is 3.77. The lowest BCUT2D eigenvalue weighted by Gasteiger charge is -2.41. The molecule has 0 amide bonds. The van der Waals surface area contributed by atoms with E-state index in [1.807, 2.05) is 12.1 Å². The van der Waals surface area contributed by atoms with Crippen molar-refractivity contribution >= 4 is 40.8 Å². The number of thiocarbonyl (C=S) groups is 1. The number of benzene rings is 1. The minimum absolute atomic E-state index is 0.139. The summed E-state index contributed by atoms with van der Waals surface area (Å²) in [5.74, 6) is 0. The largest absolute Gasteiger partial charge is 0.375 e. The van der Waals surface area contributed by atoms with Crippen LogP contribution in [-0.2, 0) is 0 Å². The predicted molar refractivity (Wildman–Crippen MR) is 110 cm³/mol. The molecule has 0 spiro atoms. The first kappa shape index (κ1) is 18.4. The van der Waals surface area contributed by atoms with Crippen LogP contribution < -0.4 is 16.1 Å². The fraction of sp³-hybridized carbons (Fsp3) is 0.556. The van der Waals surface area contributed by atoms with Crippen molar-refractivity contribution in [3.05, 3.63) is 28.8 Å². The van der Waals surface area contributed by atoms with Crippen LogP contribution in [-0.4, -0.2) is 48.4 Å². The summed E-state index contributed by atoms with van der Waals surface area (Å²) in [4.78, 5) is 5.10. The van der Waals surface area contributed by atoms with Crippen molar-refractivity contribution in [1.82, 2.24) is 10.3 Å². The minimum Gasteiger partial charge on any atom is -0.375 e. The third kappa shape index (κ3) is 5.06. The van der Waals surface area contributed by atoms with E-state index < -0.39 is 0 Å². The van der Waals surface area contributed by atoms with Crippen molar-refractivity contribution in [1.29, 1.82) is 0 Å². The zero-order valence-corrected chi connectivity index (χ0v) is 16.0. The summed E-state index contributed by atoms with van der Waals surface area (Å²) in [6, 6.07) is 6.90. The summed E-state index contributed by atoms with van der Waals surface area (Å²) < 4.78 is 0. The standard InChI is InChI=1S/C18H26ClN5S/c19-17-12-16(7-6-14(17)13-21-22-18(20)25)24-10-8-23(9-11-24)15-4-2-1-3-5-15/h6-7,12-13,15H,1-5,8-11H2,(H3,20,22,25)/b21-13+. The number of halogens is 1. The van der Waals surface area contributed by atoms with Crippen LogP contribution in [0.25, 0.3) is 0 Å². The number of rotatable bonds is 4. The highest BCUT2D eigenvalue weighted by atomic mass is 35.5. The smallest absolute Gasteiger partial charge is 0.184 e. The normalized spacial score (nSPS) is 20.1. The highest BCUT2D eigenvalue weighted by molar-refractivity contribution is 7.80. The Balaban J connectivity index is 1.57. The van der Waals surface area contributed by atoms with Gasteiger partial charge in [-0.25, -0.2) is 0 Å². The molecule has 7 heteroatoms. The van der Waals surface area contributed by atoms with Gasteiger partial charge in [-0.1, -0.05) is 30.9 Å². The van der Waals surface area contributed by atoms with Crippen molar-refractivity contribution in [2.24, 2.45) is 10.8 Å². The molecule has 3 N–H and O–H groups in total. The Bertz CT molecular complexity index is 622. The predicted octanol–water partition coefficient (Wildman–Crippen LogP) is 2.96. The van der Waals surface area contributed by atoms with Gasteiger partial charge in [0, 0.05) is 43.5 Å². The number of anilines is 1. The van der Waals surface area contributed by atoms with Crippen LogP contribution >= 0.6 is 23.8 Å². The molecular weight excluding hydrogens is 354 g/mol.